The van der Waals surface area contributed by atoms with Gasteiger partial charge in [-0.1, -0.05) is 6.92 Å². The molecule has 3 nitrogen and oxygen atoms in total. The van der Waals surface area contributed by atoms with Crippen LogP contribution in [0, 0.1) is 12.3 Å². The van der Waals surface area contributed by atoms with Gasteiger partial charge in [-0.15, -0.1) is 12.3 Å². The Morgan fingerprint density at radius 2 is 2.36 bits per heavy atom. The van der Waals surface area contributed by atoms with Crippen LogP contribution in [0.25, 0.3) is 0 Å². The fourth-order valence-corrected chi connectivity index (χ4v) is 0.697. The van der Waals surface area contributed by atoms with Gasteiger partial charge in [-0.05, 0) is 6.42 Å². The zero-order valence-electron chi connectivity index (χ0n) is 6.98. The Morgan fingerprint density at radius 3 is 2.73 bits per heavy atom. The molecule has 0 aromatic rings. The molecule has 1 atom stereocenters. The first-order valence-corrected chi connectivity index (χ1v) is 3.66. The van der Waals surface area contributed by atoms with Gasteiger partial charge in [0.1, 0.15) is 0 Å². The number of urea groups is 1. The second kappa shape index (κ2) is 5.60. The van der Waals surface area contributed by atoms with Crippen LogP contribution in [-0.2, 0) is 0 Å². The summed E-state index contributed by atoms with van der Waals surface area (Å²) in [7, 11) is 1.58. The summed E-state index contributed by atoms with van der Waals surface area (Å²) in [5, 5.41) is 5.19. The molecule has 0 rings (SSSR count). The maximum absolute atomic E-state index is 10.8. The van der Waals surface area contributed by atoms with Crippen molar-refractivity contribution in [2.75, 3.05) is 7.05 Å². The van der Waals surface area contributed by atoms with Gasteiger partial charge >= 0.3 is 6.03 Å². The van der Waals surface area contributed by atoms with E-state index in [9.17, 15) is 4.79 Å². The Balaban J connectivity index is 3.70. The molecule has 2 amide bonds. The van der Waals surface area contributed by atoms with E-state index in [1.807, 2.05) is 6.92 Å². The predicted molar refractivity (Wildman–Crippen MR) is 45.1 cm³/mol. The van der Waals surface area contributed by atoms with Gasteiger partial charge in [0.05, 0.1) is 0 Å². The van der Waals surface area contributed by atoms with Crippen LogP contribution in [-0.4, -0.2) is 19.1 Å². The molecule has 0 aliphatic rings. The summed E-state index contributed by atoms with van der Waals surface area (Å²) in [4.78, 5) is 10.8. The lowest BCUT2D eigenvalue weighted by atomic mass is 10.2. The number of carbonyl (C=O) groups is 1. The quantitative estimate of drug-likeness (QED) is 0.578. The van der Waals surface area contributed by atoms with E-state index < -0.39 is 0 Å². The average molecular weight is 154 g/mol. The third-order valence-electron chi connectivity index (χ3n) is 1.42. The Hall–Kier alpha value is -1.17. The normalized spacial score (nSPS) is 11.4. The van der Waals surface area contributed by atoms with Crippen LogP contribution in [0.15, 0.2) is 0 Å². The first-order valence-electron chi connectivity index (χ1n) is 3.66. The molecule has 0 aromatic carbocycles. The minimum absolute atomic E-state index is 0.0972. The van der Waals surface area contributed by atoms with Gasteiger partial charge in [-0.3, -0.25) is 0 Å². The van der Waals surface area contributed by atoms with Crippen molar-refractivity contribution in [3.8, 4) is 12.3 Å². The Kier molecular flexibility index (Phi) is 5.01. The molecule has 0 radical (unpaired) electrons. The van der Waals surface area contributed by atoms with Crippen LogP contribution in [0.4, 0.5) is 4.79 Å². The van der Waals surface area contributed by atoms with Crippen molar-refractivity contribution in [2.24, 2.45) is 0 Å². The number of amides is 2. The first kappa shape index (κ1) is 9.83. The molecular weight excluding hydrogens is 140 g/mol. The van der Waals surface area contributed by atoms with E-state index in [2.05, 4.69) is 16.6 Å². The molecule has 0 aromatic heterocycles. The molecule has 0 saturated carbocycles. The molecular formula is C8H14N2O. The van der Waals surface area contributed by atoms with Crippen molar-refractivity contribution in [3.63, 3.8) is 0 Å². The number of hydrogen-bond donors (Lipinski definition) is 2. The molecule has 0 aliphatic heterocycles. The largest absolute Gasteiger partial charge is 0.341 e. The summed E-state index contributed by atoms with van der Waals surface area (Å²) in [5.74, 6) is 2.51. The van der Waals surface area contributed by atoms with Crippen LogP contribution in [0.3, 0.4) is 0 Å². The van der Waals surface area contributed by atoms with Crippen molar-refractivity contribution < 1.29 is 4.79 Å². The van der Waals surface area contributed by atoms with Gasteiger partial charge in [0.25, 0.3) is 0 Å². The van der Waals surface area contributed by atoms with Crippen molar-refractivity contribution >= 4 is 6.03 Å². The highest BCUT2D eigenvalue weighted by atomic mass is 16.2. The molecule has 1 unspecified atom stereocenters. The highest BCUT2D eigenvalue weighted by Gasteiger charge is 2.05. The van der Waals surface area contributed by atoms with E-state index in [-0.39, 0.29) is 12.1 Å². The fourth-order valence-electron chi connectivity index (χ4n) is 0.697. The summed E-state index contributed by atoms with van der Waals surface area (Å²) in [6.45, 7) is 1.98. The van der Waals surface area contributed by atoms with Crippen molar-refractivity contribution in [2.45, 2.75) is 25.8 Å². The number of nitrogens with one attached hydrogen (secondary N) is 2. The van der Waals surface area contributed by atoms with Crippen molar-refractivity contribution in [1.82, 2.24) is 10.6 Å². The summed E-state index contributed by atoms with van der Waals surface area (Å²) in [6.07, 6.45) is 6.55. The average Bonchev–Trinajstić information content (AvgIpc) is 2.03. The van der Waals surface area contributed by atoms with Gasteiger partial charge < -0.3 is 10.6 Å². The van der Waals surface area contributed by atoms with E-state index in [4.69, 9.17) is 6.42 Å². The molecule has 0 bridgehead atoms. The van der Waals surface area contributed by atoms with Crippen LogP contribution in [0.5, 0.6) is 0 Å². The smallest absolute Gasteiger partial charge is 0.314 e. The van der Waals surface area contributed by atoms with E-state index >= 15 is 0 Å². The monoisotopic (exact) mass is 154 g/mol. The van der Waals surface area contributed by atoms with Gasteiger partial charge in [0.15, 0.2) is 0 Å². The molecule has 0 spiro atoms. The molecule has 0 saturated heterocycles. The van der Waals surface area contributed by atoms with Gasteiger partial charge in [-0.25, -0.2) is 4.79 Å². The molecule has 0 heterocycles. The lowest BCUT2D eigenvalue weighted by Gasteiger charge is -2.12. The maximum atomic E-state index is 10.8. The third-order valence-corrected chi connectivity index (χ3v) is 1.42. The van der Waals surface area contributed by atoms with Gasteiger partial charge in [0.2, 0.25) is 0 Å². The molecule has 0 aliphatic carbocycles. The topological polar surface area (TPSA) is 41.1 Å². The first-order chi connectivity index (χ1) is 5.24. The number of terminal acetylenes is 1. The van der Waals surface area contributed by atoms with E-state index in [1.54, 1.807) is 7.05 Å². The van der Waals surface area contributed by atoms with Crippen molar-refractivity contribution in [3.05, 3.63) is 0 Å². The standard InChI is InChI=1S/C8H14N2O/c1-4-6-7(5-2)10-8(11)9-3/h1,7H,5-6H2,2-3H3,(H2,9,10,11). The molecule has 62 valence electrons. The van der Waals surface area contributed by atoms with Crippen LogP contribution >= 0.6 is 0 Å². The van der Waals surface area contributed by atoms with Crippen molar-refractivity contribution in [1.29, 1.82) is 0 Å². The van der Waals surface area contributed by atoms with Crippen LogP contribution < -0.4 is 10.6 Å². The summed E-state index contributed by atoms with van der Waals surface area (Å²) < 4.78 is 0. The fraction of sp³-hybridized carbons (Fsp3) is 0.625. The molecule has 0 fully saturated rings. The number of rotatable bonds is 3. The summed E-state index contributed by atoms with van der Waals surface area (Å²) >= 11 is 0. The zero-order chi connectivity index (χ0) is 8.69. The number of hydrogen-bond acceptors (Lipinski definition) is 1. The van der Waals surface area contributed by atoms with Gasteiger partial charge in [-0.2, -0.15) is 0 Å². The Labute approximate surface area is 67.6 Å². The summed E-state index contributed by atoms with van der Waals surface area (Å²) in [6, 6.07) is -0.0768. The van der Waals surface area contributed by atoms with E-state index in [0.29, 0.717) is 6.42 Å². The molecule has 11 heavy (non-hydrogen) atoms. The third kappa shape index (κ3) is 4.26. The second-order valence-electron chi connectivity index (χ2n) is 2.24. The Morgan fingerprint density at radius 1 is 1.73 bits per heavy atom. The minimum Gasteiger partial charge on any atom is -0.341 e. The molecule has 3 heteroatoms. The highest BCUT2D eigenvalue weighted by molar-refractivity contribution is 5.73. The maximum Gasteiger partial charge on any atom is 0.314 e. The lowest BCUT2D eigenvalue weighted by molar-refractivity contribution is 0.239. The zero-order valence-corrected chi connectivity index (χ0v) is 6.98. The minimum atomic E-state index is -0.174. The predicted octanol–water partition coefficient (Wildman–Crippen LogP) is 0.717. The highest BCUT2D eigenvalue weighted by Crippen LogP contribution is 1.94. The van der Waals surface area contributed by atoms with E-state index in [0.717, 1.165) is 6.42 Å². The van der Waals surface area contributed by atoms with Gasteiger partial charge in [0, 0.05) is 19.5 Å². The second-order valence-corrected chi connectivity index (χ2v) is 2.24. The lowest BCUT2D eigenvalue weighted by Crippen LogP contribution is -2.39. The summed E-state index contributed by atoms with van der Waals surface area (Å²) in [5.41, 5.74) is 0. The SMILES string of the molecule is C#CCC(CC)NC(=O)NC. The Bertz CT molecular complexity index is 160. The van der Waals surface area contributed by atoms with E-state index in [1.165, 1.54) is 0 Å². The number of carbonyl (C=O) groups excluding carboxylic acids is 1. The molecule has 2 N–H and O–H groups in total. The van der Waals surface area contributed by atoms with Crippen LogP contribution in [0.1, 0.15) is 19.8 Å². The van der Waals surface area contributed by atoms with Crippen LogP contribution in [0.2, 0.25) is 0 Å².